The van der Waals surface area contributed by atoms with Gasteiger partial charge in [-0.25, -0.2) is 0 Å². The lowest BCUT2D eigenvalue weighted by Gasteiger charge is -2.24. The molecule has 0 spiro atoms. The number of hydrogen-bond acceptors (Lipinski definition) is 2. The van der Waals surface area contributed by atoms with Gasteiger partial charge in [0.25, 0.3) is 0 Å². The molecule has 0 saturated heterocycles. The molecule has 0 heterocycles. The van der Waals surface area contributed by atoms with Gasteiger partial charge in [-0.2, -0.15) is 0 Å². The zero-order valence-corrected chi connectivity index (χ0v) is 12.4. The largest absolute Gasteiger partial charge is 0.492 e. The number of rotatable bonds is 5. The molecule has 2 heteroatoms. The van der Waals surface area contributed by atoms with Gasteiger partial charge in [0.2, 0.25) is 0 Å². The normalized spacial score (nSPS) is 13.4. The maximum Gasteiger partial charge on any atom is 0.123 e. The van der Waals surface area contributed by atoms with Gasteiger partial charge in [-0.05, 0) is 30.4 Å². The molecule has 2 nitrogen and oxygen atoms in total. The van der Waals surface area contributed by atoms with E-state index >= 15 is 0 Å². The molecule has 0 bridgehead atoms. The zero-order chi connectivity index (χ0) is 13.8. The SMILES string of the molecule is CCCC(N)COc1ccc(C)cc1C(C)(C)C. The van der Waals surface area contributed by atoms with Crippen molar-refractivity contribution in [3.05, 3.63) is 29.3 Å². The highest BCUT2D eigenvalue weighted by molar-refractivity contribution is 5.41. The maximum atomic E-state index is 6.00. The van der Waals surface area contributed by atoms with Gasteiger partial charge in [0, 0.05) is 6.04 Å². The van der Waals surface area contributed by atoms with Crippen LogP contribution in [0.3, 0.4) is 0 Å². The zero-order valence-electron chi connectivity index (χ0n) is 12.4. The van der Waals surface area contributed by atoms with Crippen molar-refractivity contribution >= 4 is 0 Å². The second-order valence-corrected chi connectivity index (χ2v) is 6.11. The molecule has 0 aliphatic heterocycles. The third-order valence-electron chi connectivity index (χ3n) is 3.06. The topological polar surface area (TPSA) is 35.2 Å². The highest BCUT2D eigenvalue weighted by Gasteiger charge is 2.19. The lowest BCUT2D eigenvalue weighted by atomic mass is 9.85. The number of nitrogens with two attached hydrogens (primary N) is 1. The van der Waals surface area contributed by atoms with Crippen LogP contribution in [0.1, 0.15) is 51.7 Å². The molecular weight excluding hydrogens is 222 g/mol. The fourth-order valence-corrected chi connectivity index (χ4v) is 2.01. The van der Waals surface area contributed by atoms with Gasteiger partial charge in [-0.15, -0.1) is 0 Å². The first-order chi connectivity index (χ1) is 8.34. The van der Waals surface area contributed by atoms with Crippen LogP contribution < -0.4 is 10.5 Å². The lowest BCUT2D eigenvalue weighted by molar-refractivity contribution is 0.275. The molecule has 0 amide bonds. The van der Waals surface area contributed by atoms with Crippen LogP contribution in [0.2, 0.25) is 0 Å². The third kappa shape index (κ3) is 4.34. The molecule has 1 unspecified atom stereocenters. The predicted molar refractivity (Wildman–Crippen MR) is 78.3 cm³/mol. The van der Waals surface area contributed by atoms with Gasteiger partial charge < -0.3 is 10.5 Å². The third-order valence-corrected chi connectivity index (χ3v) is 3.06. The van der Waals surface area contributed by atoms with Crippen LogP contribution in [0.15, 0.2) is 18.2 Å². The summed E-state index contributed by atoms with van der Waals surface area (Å²) >= 11 is 0. The summed E-state index contributed by atoms with van der Waals surface area (Å²) in [5.41, 5.74) is 8.61. The molecule has 0 aliphatic carbocycles. The first-order valence-electron chi connectivity index (χ1n) is 6.84. The monoisotopic (exact) mass is 249 g/mol. The summed E-state index contributed by atoms with van der Waals surface area (Å²) in [5, 5.41) is 0. The Morgan fingerprint density at radius 2 is 1.94 bits per heavy atom. The molecule has 18 heavy (non-hydrogen) atoms. The minimum Gasteiger partial charge on any atom is -0.492 e. The van der Waals surface area contributed by atoms with E-state index in [0.29, 0.717) is 6.61 Å². The minimum absolute atomic E-state index is 0.0935. The fourth-order valence-electron chi connectivity index (χ4n) is 2.01. The maximum absolute atomic E-state index is 6.00. The summed E-state index contributed by atoms with van der Waals surface area (Å²) in [5.74, 6) is 0.972. The molecule has 0 fully saturated rings. The van der Waals surface area contributed by atoms with Crippen molar-refractivity contribution in [2.75, 3.05) is 6.61 Å². The molecule has 0 aromatic heterocycles. The van der Waals surface area contributed by atoms with E-state index in [1.165, 1.54) is 11.1 Å². The minimum atomic E-state index is 0.0935. The van der Waals surface area contributed by atoms with Crippen molar-refractivity contribution < 1.29 is 4.74 Å². The van der Waals surface area contributed by atoms with E-state index in [1.54, 1.807) is 0 Å². The highest BCUT2D eigenvalue weighted by atomic mass is 16.5. The van der Waals surface area contributed by atoms with E-state index in [4.69, 9.17) is 10.5 Å². The van der Waals surface area contributed by atoms with Crippen molar-refractivity contribution in [2.45, 2.75) is 58.9 Å². The molecule has 0 aliphatic rings. The Kier molecular flexibility index (Phi) is 5.21. The van der Waals surface area contributed by atoms with Crippen LogP contribution >= 0.6 is 0 Å². The summed E-state index contributed by atoms with van der Waals surface area (Å²) in [6.45, 7) is 11.5. The van der Waals surface area contributed by atoms with Crippen LogP contribution in [0.5, 0.6) is 5.75 Å². The van der Waals surface area contributed by atoms with Crippen molar-refractivity contribution in [2.24, 2.45) is 5.73 Å². The average molecular weight is 249 g/mol. The van der Waals surface area contributed by atoms with E-state index in [-0.39, 0.29) is 11.5 Å². The van der Waals surface area contributed by atoms with Gasteiger partial charge in [0.05, 0.1) is 0 Å². The molecule has 2 N–H and O–H groups in total. The van der Waals surface area contributed by atoms with Crippen LogP contribution in [0, 0.1) is 6.92 Å². The summed E-state index contributed by atoms with van der Waals surface area (Å²) in [7, 11) is 0. The Hall–Kier alpha value is -1.02. The second kappa shape index (κ2) is 6.24. The van der Waals surface area contributed by atoms with Crippen molar-refractivity contribution in [3.8, 4) is 5.75 Å². The molecule has 1 atom stereocenters. The van der Waals surface area contributed by atoms with Crippen LogP contribution in [0.25, 0.3) is 0 Å². The first kappa shape index (κ1) is 15.0. The smallest absolute Gasteiger partial charge is 0.123 e. The van der Waals surface area contributed by atoms with Crippen molar-refractivity contribution in [3.63, 3.8) is 0 Å². The average Bonchev–Trinajstić information content (AvgIpc) is 2.26. The number of ether oxygens (including phenoxy) is 1. The van der Waals surface area contributed by atoms with E-state index in [9.17, 15) is 0 Å². The molecule has 1 aromatic rings. The lowest BCUT2D eigenvalue weighted by Crippen LogP contribution is -2.28. The molecule has 1 aromatic carbocycles. The Balaban J connectivity index is 2.82. The summed E-state index contributed by atoms with van der Waals surface area (Å²) < 4.78 is 5.91. The van der Waals surface area contributed by atoms with Gasteiger partial charge >= 0.3 is 0 Å². The van der Waals surface area contributed by atoms with E-state index in [1.807, 2.05) is 0 Å². The molecule has 0 radical (unpaired) electrons. The Morgan fingerprint density at radius 1 is 1.28 bits per heavy atom. The van der Waals surface area contributed by atoms with Gasteiger partial charge in [-0.1, -0.05) is 51.8 Å². The predicted octanol–water partition coefficient (Wildman–Crippen LogP) is 3.80. The number of hydrogen-bond donors (Lipinski definition) is 1. The van der Waals surface area contributed by atoms with Gasteiger partial charge in [-0.3, -0.25) is 0 Å². The quantitative estimate of drug-likeness (QED) is 0.861. The van der Waals surface area contributed by atoms with Gasteiger partial charge in [0.15, 0.2) is 0 Å². The second-order valence-electron chi connectivity index (χ2n) is 6.11. The van der Waals surface area contributed by atoms with Crippen molar-refractivity contribution in [1.29, 1.82) is 0 Å². The molecule has 102 valence electrons. The van der Waals surface area contributed by atoms with Crippen molar-refractivity contribution in [1.82, 2.24) is 0 Å². The Bertz CT molecular complexity index is 379. The highest BCUT2D eigenvalue weighted by Crippen LogP contribution is 2.32. The number of aryl methyl sites for hydroxylation is 1. The standard InChI is InChI=1S/C16H27NO/c1-6-7-13(17)11-18-15-9-8-12(2)10-14(15)16(3,4)5/h8-10,13H,6-7,11,17H2,1-5H3. The van der Waals surface area contributed by atoms with E-state index < -0.39 is 0 Å². The summed E-state index contributed by atoms with van der Waals surface area (Å²) in [6, 6.07) is 6.50. The first-order valence-corrected chi connectivity index (χ1v) is 6.84. The number of benzene rings is 1. The van der Waals surface area contributed by atoms with Crippen LogP contribution in [-0.4, -0.2) is 12.6 Å². The van der Waals surface area contributed by atoms with E-state index in [2.05, 4.69) is 52.8 Å². The molecule has 0 saturated carbocycles. The molecule has 1 rings (SSSR count). The summed E-state index contributed by atoms with van der Waals surface area (Å²) in [4.78, 5) is 0. The summed E-state index contributed by atoms with van der Waals surface area (Å²) in [6.07, 6.45) is 2.11. The Labute approximate surface area is 112 Å². The fraction of sp³-hybridized carbons (Fsp3) is 0.625. The Morgan fingerprint density at radius 3 is 2.50 bits per heavy atom. The molecular formula is C16H27NO. The van der Waals surface area contributed by atoms with Gasteiger partial charge in [0.1, 0.15) is 12.4 Å². The van der Waals surface area contributed by atoms with E-state index in [0.717, 1.165) is 18.6 Å². The van der Waals surface area contributed by atoms with Crippen LogP contribution in [0.4, 0.5) is 0 Å². The van der Waals surface area contributed by atoms with Crippen LogP contribution in [-0.2, 0) is 5.41 Å².